The first-order chi connectivity index (χ1) is 8.12. The van der Waals surface area contributed by atoms with E-state index >= 15 is 0 Å². The van der Waals surface area contributed by atoms with Crippen molar-refractivity contribution in [3.8, 4) is 6.07 Å². The molecule has 0 aromatic carbocycles. The summed E-state index contributed by atoms with van der Waals surface area (Å²) in [4.78, 5) is 6.35. The smallest absolute Gasteiger partial charge is 0.132 e. The Morgan fingerprint density at radius 1 is 1.59 bits per heavy atom. The molecule has 0 radical (unpaired) electrons. The molecule has 0 fully saturated rings. The summed E-state index contributed by atoms with van der Waals surface area (Å²) < 4.78 is 0. The van der Waals surface area contributed by atoms with Gasteiger partial charge in [-0.25, -0.2) is 4.98 Å². The first-order valence-corrected chi connectivity index (χ1v) is 7.19. The molecule has 0 spiro atoms. The quantitative estimate of drug-likeness (QED) is 0.770. The standard InChI is InChI=1S/C12H16ClN3S/c1-4-10(8-17-3)16(2)12-6-9(7-14)5-11(13)15-12/h5-6,10H,4,8H2,1-3H3. The van der Waals surface area contributed by atoms with Gasteiger partial charge >= 0.3 is 0 Å². The summed E-state index contributed by atoms with van der Waals surface area (Å²) in [6.07, 6.45) is 3.12. The van der Waals surface area contributed by atoms with Crippen LogP contribution in [0.15, 0.2) is 12.1 Å². The fourth-order valence-electron chi connectivity index (χ4n) is 1.61. The van der Waals surface area contributed by atoms with E-state index in [0.717, 1.165) is 18.0 Å². The lowest BCUT2D eigenvalue weighted by molar-refractivity contribution is 0.666. The number of aromatic nitrogens is 1. The molecule has 17 heavy (non-hydrogen) atoms. The minimum atomic E-state index is 0.366. The maximum absolute atomic E-state index is 8.91. The zero-order valence-electron chi connectivity index (χ0n) is 10.3. The molecule has 0 saturated heterocycles. The van der Waals surface area contributed by atoms with Crippen LogP contribution >= 0.6 is 23.4 Å². The van der Waals surface area contributed by atoms with E-state index in [-0.39, 0.29) is 0 Å². The molecule has 0 aliphatic carbocycles. The van der Waals surface area contributed by atoms with E-state index in [2.05, 4.69) is 29.1 Å². The average molecular weight is 270 g/mol. The van der Waals surface area contributed by atoms with E-state index in [1.165, 1.54) is 0 Å². The summed E-state index contributed by atoms with van der Waals surface area (Å²) in [6.45, 7) is 2.15. The number of hydrogen-bond donors (Lipinski definition) is 0. The van der Waals surface area contributed by atoms with Crippen LogP contribution in [-0.2, 0) is 0 Å². The SMILES string of the molecule is CCC(CSC)N(C)c1cc(C#N)cc(Cl)n1. The molecule has 1 atom stereocenters. The summed E-state index contributed by atoms with van der Waals surface area (Å²) in [5.41, 5.74) is 0.547. The Morgan fingerprint density at radius 3 is 2.82 bits per heavy atom. The second kappa shape index (κ2) is 6.73. The molecule has 92 valence electrons. The van der Waals surface area contributed by atoms with Crippen LogP contribution in [0.5, 0.6) is 0 Å². The van der Waals surface area contributed by atoms with Crippen molar-refractivity contribution in [2.24, 2.45) is 0 Å². The van der Waals surface area contributed by atoms with Gasteiger partial charge in [-0.05, 0) is 24.8 Å². The minimum absolute atomic E-state index is 0.366. The van der Waals surface area contributed by atoms with Crippen molar-refractivity contribution in [2.75, 3.05) is 24.0 Å². The third-order valence-electron chi connectivity index (χ3n) is 2.65. The van der Waals surface area contributed by atoms with Gasteiger partial charge in [0, 0.05) is 18.8 Å². The summed E-state index contributed by atoms with van der Waals surface area (Å²) in [6, 6.07) is 5.85. The number of halogens is 1. The molecular formula is C12H16ClN3S. The Kier molecular flexibility index (Phi) is 5.60. The molecule has 3 nitrogen and oxygen atoms in total. The largest absolute Gasteiger partial charge is 0.356 e. The van der Waals surface area contributed by atoms with E-state index in [1.807, 2.05) is 7.05 Å². The Balaban J connectivity index is 2.98. The number of anilines is 1. The third-order valence-corrected chi connectivity index (χ3v) is 3.56. The molecule has 1 aromatic rings. The van der Waals surface area contributed by atoms with Gasteiger partial charge in [-0.15, -0.1) is 0 Å². The summed E-state index contributed by atoms with van der Waals surface area (Å²) in [5.74, 6) is 1.79. The summed E-state index contributed by atoms with van der Waals surface area (Å²) in [7, 11) is 1.99. The maximum Gasteiger partial charge on any atom is 0.132 e. The molecule has 5 heteroatoms. The molecular weight excluding hydrogens is 254 g/mol. The Hall–Kier alpha value is -0.920. The van der Waals surface area contributed by atoms with Crippen molar-refractivity contribution >= 4 is 29.2 Å². The number of hydrogen-bond acceptors (Lipinski definition) is 4. The van der Waals surface area contributed by atoms with Crippen LogP contribution in [0.25, 0.3) is 0 Å². The average Bonchev–Trinajstić information content (AvgIpc) is 2.34. The van der Waals surface area contributed by atoms with Crippen LogP contribution in [0.2, 0.25) is 5.15 Å². The van der Waals surface area contributed by atoms with Crippen molar-refractivity contribution in [3.05, 3.63) is 22.8 Å². The van der Waals surface area contributed by atoms with Gasteiger partial charge in [0.15, 0.2) is 0 Å². The van der Waals surface area contributed by atoms with Gasteiger partial charge in [-0.3, -0.25) is 0 Å². The summed E-state index contributed by atoms with van der Waals surface area (Å²) in [5, 5.41) is 9.27. The van der Waals surface area contributed by atoms with Gasteiger partial charge in [-0.2, -0.15) is 17.0 Å². The molecule has 0 amide bonds. The highest BCUT2D eigenvalue weighted by atomic mass is 35.5. The zero-order chi connectivity index (χ0) is 12.8. The highest BCUT2D eigenvalue weighted by Crippen LogP contribution is 2.20. The van der Waals surface area contributed by atoms with Gasteiger partial charge in [0.25, 0.3) is 0 Å². The van der Waals surface area contributed by atoms with Gasteiger partial charge < -0.3 is 4.90 Å². The highest BCUT2D eigenvalue weighted by Gasteiger charge is 2.15. The van der Waals surface area contributed by atoms with Gasteiger partial charge in [-0.1, -0.05) is 18.5 Å². The van der Waals surface area contributed by atoms with Crippen LogP contribution in [-0.4, -0.2) is 30.1 Å². The molecule has 1 rings (SSSR count). The lowest BCUT2D eigenvalue weighted by Crippen LogP contribution is -2.33. The van der Waals surface area contributed by atoms with Crippen LogP contribution < -0.4 is 4.90 Å². The number of rotatable bonds is 5. The van der Waals surface area contributed by atoms with Gasteiger partial charge in [0.05, 0.1) is 11.6 Å². The molecule has 0 bridgehead atoms. The van der Waals surface area contributed by atoms with Gasteiger partial charge in [0.2, 0.25) is 0 Å². The lowest BCUT2D eigenvalue weighted by atomic mass is 10.2. The predicted molar refractivity (Wildman–Crippen MR) is 74.8 cm³/mol. The van der Waals surface area contributed by atoms with Crippen LogP contribution in [0.1, 0.15) is 18.9 Å². The molecule has 1 aromatic heterocycles. The fraction of sp³-hybridized carbons (Fsp3) is 0.500. The fourth-order valence-corrected chi connectivity index (χ4v) is 2.66. The lowest BCUT2D eigenvalue weighted by Gasteiger charge is -2.27. The second-order valence-electron chi connectivity index (χ2n) is 3.78. The topological polar surface area (TPSA) is 39.9 Å². The van der Waals surface area contributed by atoms with E-state index in [9.17, 15) is 0 Å². The van der Waals surface area contributed by atoms with Crippen LogP contribution in [0.3, 0.4) is 0 Å². The van der Waals surface area contributed by atoms with Crippen molar-refractivity contribution in [2.45, 2.75) is 19.4 Å². The molecule has 0 aliphatic heterocycles. The molecule has 1 unspecified atom stereocenters. The number of nitriles is 1. The van der Waals surface area contributed by atoms with E-state index in [1.54, 1.807) is 23.9 Å². The summed E-state index contributed by atoms with van der Waals surface area (Å²) >= 11 is 7.71. The van der Waals surface area contributed by atoms with Crippen molar-refractivity contribution in [1.29, 1.82) is 5.26 Å². The maximum atomic E-state index is 8.91. The molecule has 0 N–H and O–H groups in total. The van der Waals surface area contributed by atoms with E-state index in [0.29, 0.717) is 16.8 Å². The number of pyridine rings is 1. The van der Waals surface area contributed by atoms with Crippen LogP contribution in [0, 0.1) is 11.3 Å². The highest BCUT2D eigenvalue weighted by molar-refractivity contribution is 7.98. The Labute approximate surface area is 112 Å². The van der Waals surface area contributed by atoms with Crippen molar-refractivity contribution in [3.63, 3.8) is 0 Å². The van der Waals surface area contributed by atoms with Crippen molar-refractivity contribution < 1.29 is 0 Å². The first kappa shape index (κ1) is 14.1. The van der Waals surface area contributed by atoms with Gasteiger partial charge in [0.1, 0.15) is 11.0 Å². The Morgan fingerprint density at radius 2 is 2.29 bits per heavy atom. The normalized spacial score (nSPS) is 11.9. The zero-order valence-corrected chi connectivity index (χ0v) is 11.8. The Bertz CT molecular complexity index is 417. The molecule has 0 saturated carbocycles. The predicted octanol–water partition coefficient (Wildman–Crippen LogP) is 3.18. The van der Waals surface area contributed by atoms with E-state index < -0.39 is 0 Å². The van der Waals surface area contributed by atoms with Crippen LogP contribution in [0.4, 0.5) is 5.82 Å². The monoisotopic (exact) mass is 269 g/mol. The molecule has 1 heterocycles. The molecule has 0 aliphatic rings. The first-order valence-electron chi connectivity index (χ1n) is 5.41. The van der Waals surface area contributed by atoms with Crippen molar-refractivity contribution in [1.82, 2.24) is 4.98 Å². The third kappa shape index (κ3) is 3.79. The number of thioether (sulfide) groups is 1. The van der Waals surface area contributed by atoms with E-state index in [4.69, 9.17) is 16.9 Å². The number of nitrogens with zero attached hydrogens (tertiary/aromatic N) is 3. The second-order valence-corrected chi connectivity index (χ2v) is 5.07. The minimum Gasteiger partial charge on any atom is -0.356 e.